The van der Waals surface area contributed by atoms with Crippen LogP contribution >= 0.6 is 0 Å². The molecule has 3 heteroatoms. The van der Waals surface area contributed by atoms with Crippen molar-refractivity contribution in [3.63, 3.8) is 0 Å². The van der Waals surface area contributed by atoms with Crippen molar-refractivity contribution in [3.05, 3.63) is 0 Å². The van der Waals surface area contributed by atoms with Gasteiger partial charge in [0.25, 0.3) is 0 Å². The Labute approximate surface area is 82.6 Å². The number of hydrogen-bond acceptors (Lipinski definition) is 2. The van der Waals surface area contributed by atoms with Gasteiger partial charge in [-0.15, -0.1) is 0 Å². The van der Waals surface area contributed by atoms with E-state index in [0.29, 0.717) is 11.2 Å². The van der Waals surface area contributed by atoms with Crippen LogP contribution in [0.3, 0.4) is 0 Å². The fraction of sp³-hybridized carbons (Fsp3) is 1.00. The largest absolute Gasteiger partial charge is 0.229 e. The molecule has 0 amide bonds. The number of sulfone groups is 1. The number of hydrogen-bond donors (Lipinski definition) is 0. The van der Waals surface area contributed by atoms with Crippen molar-refractivity contribution in [2.45, 2.75) is 46.5 Å². The second kappa shape index (κ2) is 4.99. The van der Waals surface area contributed by atoms with Gasteiger partial charge < -0.3 is 0 Å². The second-order valence-electron chi connectivity index (χ2n) is 4.25. The SMILES string of the molecule is CCC(C)(CC)CCCS(C)(=O)=O. The molecule has 0 radical (unpaired) electrons. The van der Waals surface area contributed by atoms with Crippen molar-refractivity contribution in [1.29, 1.82) is 0 Å². The summed E-state index contributed by atoms with van der Waals surface area (Å²) in [5.41, 5.74) is 0.338. The van der Waals surface area contributed by atoms with E-state index in [4.69, 9.17) is 0 Å². The van der Waals surface area contributed by atoms with Gasteiger partial charge in [0.15, 0.2) is 0 Å². The summed E-state index contributed by atoms with van der Waals surface area (Å²) in [6, 6.07) is 0. The smallest absolute Gasteiger partial charge is 0.147 e. The third kappa shape index (κ3) is 6.08. The minimum atomic E-state index is -2.76. The van der Waals surface area contributed by atoms with Gasteiger partial charge >= 0.3 is 0 Å². The average molecular weight is 206 g/mol. The van der Waals surface area contributed by atoms with Gasteiger partial charge in [-0.2, -0.15) is 0 Å². The van der Waals surface area contributed by atoms with Gasteiger partial charge in [-0.1, -0.05) is 33.6 Å². The molecule has 0 bridgehead atoms. The zero-order valence-electron chi connectivity index (χ0n) is 9.26. The van der Waals surface area contributed by atoms with Crippen molar-refractivity contribution in [3.8, 4) is 0 Å². The van der Waals surface area contributed by atoms with E-state index in [2.05, 4.69) is 20.8 Å². The minimum absolute atomic E-state index is 0.336. The van der Waals surface area contributed by atoms with Crippen LogP contribution in [0, 0.1) is 5.41 Å². The van der Waals surface area contributed by atoms with Crippen LogP contribution in [0.25, 0.3) is 0 Å². The summed E-state index contributed by atoms with van der Waals surface area (Å²) in [6.45, 7) is 6.57. The summed E-state index contributed by atoms with van der Waals surface area (Å²) < 4.78 is 21.8. The molecule has 13 heavy (non-hydrogen) atoms. The third-order valence-corrected chi connectivity index (χ3v) is 4.03. The van der Waals surface area contributed by atoms with Crippen LogP contribution in [0.2, 0.25) is 0 Å². The highest BCUT2D eigenvalue weighted by atomic mass is 32.2. The van der Waals surface area contributed by atoms with Crippen molar-refractivity contribution >= 4 is 9.84 Å². The van der Waals surface area contributed by atoms with Crippen LogP contribution in [0.4, 0.5) is 0 Å². The molecule has 0 aliphatic heterocycles. The van der Waals surface area contributed by atoms with Crippen molar-refractivity contribution in [2.24, 2.45) is 5.41 Å². The normalized spacial score (nSPS) is 13.2. The molecule has 0 aromatic rings. The van der Waals surface area contributed by atoms with E-state index in [1.807, 2.05) is 0 Å². The van der Waals surface area contributed by atoms with Gasteiger partial charge in [-0.3, -0.25) is 0 Å². The van der Waals surface area contributed by atoms with Crippen LogP contribution in [-0.4, -0.2) is 20.4 Å². The lowest BCUT2D eigenvalue weighted by Crippen LogP contribution is -2.15. The van der Waals surface area contributed by atoms with E-state index in [-0.39, 0.29) is 0 Å². The Morgan fingerprint density at radius 1 is 1.15 bits per heavy atom. The summed E-state index contributed by atoms with van der Waals surface area (Å²) in [5.74, 6) is 0.336. The number of rotatable bonds is 6. The molecule has 0 heterocycles. The molecule has 2 nitrogen and oxygen atoms in total. The van der Waals surface area contributed by atoms with E-state index < -0.39 is 9.84 Å². The van der Waals surface area contributed by atoms with E-state index in [1.54, 1.807) is 0 Å². The first-order valence-electron chi connectivity index (χ1n) is 5.01. The van der Waals surface area contributed by atoms with Crippen LogP contribution < -0.4 is 0 Å². The molecule has 0 spiro atoms. The zero-order valence-corrected chi connectivity index (χ0v) is 10.1. The maximum Gasteiger partial charge on any atom is 0.147 e. The van der Waals surface area contributed by atoms with Crippen LogP contribution in [0.15, 0.2) is 0 Å². The molecule has 0 saturated carbocycles. The molecule has 0 rings (SSSR count). The Kier molecular flexibility index (Phi) is 4.97. The van der Waals surface area contributed by atoms with E-state index in [9.17, 15) is 8.42 Å². The fourth-order valence-corrected chi connectivity index (χ4v) is 2.03. The quantitative estimate of drug-likeness (QED) is 0.669. The molecule has 0 unspecified atom stereocenters. The first-order valence-corrected chi connectivity index (χ1v) is 7.07. The first-order chi connectivity index (χ1) is 5.83. The van der Waals surface area contributed by atoms with Gasteiger partial charge in [0.1, 0.15) is 9.84 Å². The lowest BCUT2D eigenvalue weighted by atomic mass is 9.81. The van der Waals surface area contributed by atoms with Gasteiger partial charge in [0, 0.05) is 12.0 Å². The highest BCUT2D eigenvalue weighted by Crippen LogP contribution is 2.30. The van der Waals surface area contributed by atoms with Crippen LogP contribution in [0.1, 0.15) is 46.5 Å². The lowest BCUT2D eigenvalue weighted by molar-refractivity contribution is 0.270. The molecule has 0 aromatic carbocycles. The Bertz CT molecular complexity index is 225. The second-order valence-corrected chi connectivity index (χ2v) is 6.51. The standard InChI is InChI=1S/C10H22O2S/c1-5-10(3,6-2)8-7-9-13(4,11)12/h5-9H2,1-4H3. The first kappa shape index (κ1) is 12.9. The molecule has 0 atom stereocenters. The Balaban J connectivity index is 3.88. The average Bonchev–Trinajstić information content (AvgIpc) is 2.02. The highest BCUT2D eigenvalue weighted by Gasteiger charge is 2.19. The minimum Gasteiger partial charge on any atom is -0.229 e. The maximum absolute atomic E-state index is 10.9. The maximum atomic E-state index is 10.9. The summed E-state index contributed by atoms with van der Waals surface area (Å²) in [6.07, 6.45) is 5.40. The van der Waals surface area contributed by atoms with Gasteiger partial charge in [-0.25, -0.2) is 8.42 Å². The predicted octanol–water partition coefficient (Wildman–Crippen LogP) is 2.64. The van der Waals surface area contributed by atoms with E-state index in [1.165, 1.54) is 6.26 Å². The molecule has 0 N–H and O–H groups in total. The van der Waals surface area contributed by atoms with E-state index >= 15 is 0 Å². The van der Waals surface area contributed by atoms with Gasteiger partial charge in [-0.05, 0) is 18.3 Å². The molecule has 0 aromatic heterocycles. The fourth-order valence-electron chi connectivity index (χ4n) is 1.36. The summed E-state index contributed by atoms with van der Waals surface area (Å²) >= 11 is 0. The molecule has 0 aliphatic carbocycles. The van der Waals surface area contributed by atoms with Gasteiger partial charge in [0.05, 0.1) is 0 Å². The summed E-state index contributed by atoms with van der Waals surface area (Å²) in [7, 11) is -2.76. The van der Waals surface area contributed by atoms with Crippen LogP contribution in [-0.2, 0) is 9.84 Å². The summed E-state index contributed by atoms with van der Waals surface area (Å²) in [5, 5.41) is 0. The third-order valence-electron chi connectivity index (χ3n) is 3.00. The topological polar surface area (TPSA) is 34.1 Å². The lowest BCUT2D eigenvalue weighted by Gasteiger charge is -2.26. The zero-order chi connectivity index (χ0) is 10.5. The Morgan fingerprint density at radius 2 is 1.62 bits per heavy atom. The molecule has 80 valence electrons. The molecule has 0 saturated heterocycles. The predicted molar refractivity (Wildman–Crippen MR) is 57.6 cm³/mol. The van der Waals surface area contributed by atoms with Crippen molar-refractivity contribution in [2.75, 3.05) is 12.0 Å². The Hall–Kier alpha value is -0.0500. The van der Waals surface area contributed by atoms with E-state index in [0.717, 1.165) is 25.7 Å². The van der Waals surface area contributed by atoms with Gasteiger partial charge in [0.2, 0.25) is 0 Å². The monoisotopic (exact) mass is 206 g/mol. The molecular formula is C10H22O2S. The molecule has 0 fully saturated rings. The van der Waals surface area contributed by atoms with Crippen molar-refractivity contribution < 1.29 is 8.42 Å². The molecule has 0 aliphatic rings. The molecular weight excluding hydrogens is 184 g/mol. The Morgan fingerprint density at radius 3 is 1.92 bits per heavy atom. The van der Waals surface area contributed by atoms with Crippen LogP contribution in [0.5, 0.6) is 0 Å². The van der Waals surface area contributed by atoms with Crippen molar-refractivity contribution in [1.82, 2.24) is 0 Å². The summed E-state index contributed by atoms with van der Waals surface area (Å²) in [4.78, 5) is 0. The highest BCUT2D eigenvalue weighted by molar-refractivity contribution is 7.90.